The summed E-state index contributed by atoms with van der Waals surface area (Å²) in [4.78, 5) is 16.2. The number of cyclic esters (lactones) is 1. The summed E-state index contributed by atoms with van der Waals surface area (Å²) < 4.78 is 21.6. The second-order valence-electron chi connectivity index (χ2n) is 4.52. The SMILES string of the molecule is COc1cccc(C=C2N=C(c3ccc(Br)o3)OC2=O)c1OC. The molecule has 0 spiro atoms. The van der Waals surface area contributed by atoms with Gasteiger partial charge in [0.15, 0.2) is 27.6 Å². The minimum absolute atomic E-state index is 0.119. The van der Waals surface area contributed by atoms with E-state index in [1.165, 1.54) is 7.11 Å². The Balaban J connectivity index is 2.00. The van der Waals surface area contributed by atoms with Crippen LogP contribution in [0.2, 0.25) is 0 Å². The van der Waals surface area contributed by atoms with Crippen LogP contribution < -0.4 is 9.47 Å². The second kappa shape index (κ2) is 6.29. The van der Waals surface area contributed by atoms with Gasteiger partial charge in [0, 0.05) is 5.56 Å². The number of carbonyl (C=O) groups excluding carboxylic acids is 1. The molecule has 0 N–H and O–H groups in total. The average Bonchev–Trinajstić information content (AvgIpc) is 3.13. The maximum Gasteiger partial charge on any atom is 0.363 e. The topological polar surface area (TPSA) is 70.3 Å². The Morgan fingerprint density at radius 1 is 1.17 bits per heavy atom. The van der Waals surface area contributed by atoms with Crippen molar-refractivity contribution >= 4 is 33.9 Å². The Morgan fingerprint density at radius 2 is 2.00 bits per heavy atom. The van der Waals surface area contributed by atoms with Crippen molar-refractivity contribution in [1.82, 2.24) is 0 Å². The van der Waals surface area contributed by atoms with Gasteiger partial charge in [0.25, 0.3) is 5.90 Å². The van der Waals surface area contributed by atoms with Crippen LogP contribution in [-0.2, 0) is 9.53 Å². The fourth-order valence-corrected chi connectivity index (χ4v) is 2.42. The van der Waals surface area contributed by atoms with Crippen molar-refractivity contribution in [2.24, 2.45) is 4.99 Å². The number of methoxy groups -OCH3 is 2. The van der Waals surface area contributed by atoms with Crippen molar-refractivity contribution in [1.29, 1.82) is 0 Å². The molecule has 1 aromatic carbocycles. The molecule has 0 radical (unpaired) electrons. The Kier molecular flexibility index (Phi) is 4.20. The molecule has 0 saturated carbocycles. The minimum Gasteiger partial charge on any atom is -0.493 e. The third kappa shape index (κ3) is 3.00. The number of rotatable bonds is 4. The molecule has 1 aliphatic heterocycles. The van der Waals surface area contributed by atoms with Crippen molar-refractivity contribution in [2.75, 3.05) is 14.2 Å². The van der Waals surface area contributed by atoms with E-state index in [0.29, 0.717) is 27.5 Å². The normalized spacial score (nSPS) is 15.5. The van der Waals surface area contributed by atoms with E-state index in [2.05, 4.69) is 20.9 Å². The van der Waals surface area contributed by atoms with Crippen molar-refractivity contribution in [3.05, 3.63) is 52.0 Å². The van der Waals surface area contributed by atoms with Gasteiger partial charge in [-0.2, -0.15) is 0 Å². The third-order valence-corrected chi connectivity index (χ3v) is 3.56. The van der Waals surface area contributed by atoms with Gasteiger partial charge < -0.3 is 18.6 Å². The molecule has 118 valence electrons. The summed E-state index contributed by atoms with van der Waals surface area (Å²) in [6.45, 7) is 0. The van der Waals surface area contributed by atoms with Crippen LogP contribution in [0, 0.1) is 0 Å². The summed E-state index contributed by atoms with van der Waals surface area (Å²) in [6, 6.07) is 8.70. The number of furan rings is 1. The highest BCUT2D eigenvalue weighted by molar-refractivity contribution is 9.10. The van der Waals surface area contributed by atoms with E-state index < -0.39 is 5.97 Å². The van der Waals surface area contributed by atoms with Gasteiger partial charge in [0.2, 0.25) is 0 Å². The van der Waals surface area contributed by atoms with Crippen LogP contribution in [0.4, 0.5) is 0 Å². The zero-order valence-corrected chi connectivity index (χ0v) is 13.9. The Bertz CT molecular complexity index is 822. The highest BCUT2D eigenvalue weighted by atomic mass is 79.9. The van der Waals surface area contributed by atoms with Crippen LogP contribution >= 0.6 is 15.9 Å². The lowest BCUT2D eigenvalue weighted by molar-refractivity contribution is -0.130. The van der Waals surface area contributed by atoms with Crippen LogP contribution in [0.25, 0.3) is 6.08 Å². The summed E-state index contributed by atoms with van der Waals surface area (Å²) in [6.07, 6.45) is 1.58. The first-order chi connectivity index (χ1) is 11.1. The molecule has 0 saturated heterocycles. The second-order valence-corrected chi connectivity index (χ2v) is 5.30. The molecular formula is C16H12BrNO5. The maximum atomic E-state index is 12.0. The van der Waals surface area contributed by atoms with Crippen LogP contribution in [0.3, 0.4) is 0 Å². The fourth-order valence-electron chi connectivity index (χ4n) is 2.12. The van der Waals surface area contributed by atoms with Gasteiger partial charge in [-0.05, 0) is 40.2 Å². The lowest BCUT2D eigenvalue weighted by atomic mass is 10.1. The van der Waals surface area contributed by atoms with Crippen LogP contribution in [0.15, 0.2) is 50.1 Å². The summed E-state index contributed by atoms with van der Waals surface area (Å²) in [5.41, 5.74) is 0.809. The smallest absolute Gasteiger partial charge is 0.363 e. The first kappa shape index (κ1) is 15.4. The van der Waals surface area contributed by atoms with Crippen LogP contribution in [0.5, 0.6) is 11.5 Å². The molecule has 0 aliphatic carbocycles. The number of para-hydroxylation sites is 1. The van der Waals surface area contributed by atoms with E-state index in [0.717, 1.165) is 0 Å². The number of hydrogen-bond donors (Lipinski definition) is 0. The quantitative estimate of drug-likeness (QED) is 0.603. The number of benzene rings is 1. The first-order valence-electron chi connectivity index (χ1n) is 6.61. The molecule has 0 unspecified atom stereocenters. The van der Waals surface area contributed by atoms with Gasteiger partial charge in [-0.3, -0.25) is 0 Å². The molecular weight excluding hydrogens is 366 g/mol. The molecule has 23 heavy (non-hydrogen) atoms. The van der Waals surface area contributed by atoms with Gasteiger partial charge in [0.1, 0.15) is 0 Å². The van der Waals surface area contributed by atoms with Crippen LogP contribution in [0.1, 0.15) is 11.3 Å². The van der Waals surface area contributed by atoms with Gasteiger partial charge in [-0.15, -0.1) is 0 Å². The molecule has 7 heteroatoms. The molecule has 1 aliphatic rings. The fraction of sp³-hybridized carbons (Fsp3) is 0.125. The number of ether oxygens (including phenoxy) is 3. The highest BCUT2D eigenvalue weighted by Gasteiger charge is 2.26. The minimum atomic E-state index is -0.558. The van der Waals surface area contributed by atoms with E-state index >= 15 is 0 Å². The Labute approximate surface area is 140 Å². The molecule has 6 nitrogen and oxygen atoms in total. The van der Waals surface area contributed by atoms with Crippen molar-refractivity contribution in [2.45, 2.75) is 0 Å². The van der Waals surface area contributed by atoms with E-state index in [1.807, 2.05) is 0 Å². The molecule has 0 amide bonds. The monoisotopic (exact) mass is 377 g/mol. The Hall–Kier alpha value is -2.54. The van der Waals surface area contributed by atoms with Crippen molar-refractivity contribution < 1.29 is 23.4 Å². The van der Waals surface area contributed by atoms with Gasteiger partial charge in [-0.1, -0.05) is 12.1 Å². The van der Waals surface area contributed by atoms with Gasteiger partial charge in [-0.25, -0.2) is 9.79 Å². The summed E-state index contributed by atoms with van der Waals surface area (Å²) in [7, 11) is 3.07. The van der Waals surface area contributed by atoms with Crippen LogP contribution in [-0.4, -0.2) is 26.1 Å². The van der Waals surface area contributed by atoms with E-state index in [-0.39, 0.29) is 11.6 Å². The van der Waals surface area contributed by atoms with Crippen molar-refractivity contribution in [3.63, 3.8) is 0 Å². The zero-order valence-electron chi connectivity index (χ0n) is 12.3. The molecule has 3 rings (SSSR count). The number of aliphatic imine (C=N–C) groups is 1. The first-order valence-corrected chi connectivity index (χ1v) is 7.41. The lowest BCUT2D eigenvalue weighted by Crippen LogP contribution is -2.04. The zero-order chi connectivity index (χ0) is 16.4. The summed E-state index contributed by atoms with van der Waals surface area (Å²) in [5.74, 6) is 1.00. The van der Waals surface area contributed by atoms with E-state index in [9.17, 15) is 4.79 Å². The predicted octanol–water partition coefficient (Wildman–Crippen LogP) is 3.40. The number of nitrogens with zero attached hydrogens (tertiary/aromatic N) is 1. The molecule has 0 atom stereocenters. The molecule has 0 bridgehead atoms. The average molecular weight is 378 g/mol. The standard InChI is InChI=1S/C16H12BrNO5/c1-20-11-5-3-4-9(14(11)21-2)8-10-16(19)23-15(18-10)12-6-7-13(17)22-12/h3-8H,1-2H3. The number of esters is 1. The van der Waals surface area contributed by atoms with E-state index in [4.69, 9.17) is 18.6 Å². The number of hydrogen-bond acceptors (Lipinski definition) is 6. The summed E-state index contributed by atoms with van der Waals surface area (Å²) >= 11 is 3.19. The molecule has 2 aromatic rings. The number of carbonyl (C=O) groups is 1. The Morgan fingerprint density at radius 3 is 2.65 bits per heavy atom. The number of halogens is 1. The van der Waals surface area contributed by atoms with E-state index in [1.54, 1.807) is 43.5 Å². The highest BCUT2D eigenvalue weighted by Crippen LogP contribution is 2.33. The molecule has 1 aromatic heterocycles. The van der Waals surface area contributed by atoms with Crippen molar-refractivity contribution in [3.8, 4) is 11.5 Å². The third-order valence-electron chi connectivity index (χ3n) is 3.13. The van der Waals surface area contributed by atoms with Gasteiger partial charge in [0.05, 0.1) is 14.2 Å². The predicted molar refractivity (Wildman–Crippen MR) is 86.6 cm³/mol. The largest absolute Gasteiger partial charge is 0.493 e. The summed E-state index contributed by atoms with van der Waals surface area (Å²) in [5, 5.41) is 0. The maximum absolute atomic E-state index is 12.0. The van der Waals surface area contributed by atoms with Gasteiger partial charge >= 0.3 is 5.97 Å². The molecule has 2 heterocycles. The molecule has 0 fully saturated rings. The lowest BCUT2D eigenvalue weighted by Gasteiger charge is -2.09.